The third kappa shape index (κ3) is 2.45. The van der Waals surface area contributed by atoms with Gasteiger partial charge >= 0.3 is 0 Å². The van der Waals surface area contributed by atoms with Gasteiger partial charge in [0.05, 0.1) is 19.3 Å². The fourth-order valence-electron chi connectivity index (χ4n) is 3.52. The second kappa shape index (κ2) is 5.27. The van der Waals surface area contributed by atoms with E-state index in [9.17, 15) is 5.11 Å². The summed E-state index contributed by atoms with van der Waals surface area (Å²) in [5, 5.41) is 10.9. The predicted molar refractivity (Wildman–Crippen MR) is 81.5 cm³/mol. The lowest BCUT2D eigenvalue weighted by molar-refractivity contribution is -0.150. The largest absolute Gasteiger partial charge is 0.474 e. The van der Waals surface area contributed by atoms with E-state index in [4.69, 9.17) is 9.47 Å². The number of fused-ring (bicyclic) bond motifs is 1. The van der Waals surface area contributed by atoms with Gasteiger partial charge < -0.3 is 14.6 Å². The van der Waals surface area contributed by atoms with Gasteiger partial charge in [-0.3, -0.25) is 4.90 Å². The minimum Gasteiger partial charge on any atom is -0.474 e. The summed E-state index contributed by atoms with van der Waals surface area (Å²) in [5.41, 5.74) is 2.85. The van der Waals surface area contributed by atoms with Crippen molar-refractivity contribution < 1.29 is 14.6 Å². The van der Waals surface area contributed by atoms with Crippen molar-refractivity contribution in [2.24, 2.45) is 5.41 Å². The molecule has 116 valence electrons. The Hall–Kier alpha value is -1.10. The predicted octanol–water partition coefficient (Wildman–Crippen LogP) is 2.41. The highest BCUT2D eigenvalue weighted by Gasteiger charge is 2.47. The van der Waals surface area contributed by atoms with Crippen LogP contribution in [0.15, 0.2) is 12.1 Å². The highest BCUT2D eigenvalue weighted by Crippen LogP contribution is 2.48. The summed E-state index contributed by atoms with van der Waals surface area (Å²) < 4.78 is 11.8. The van der Waals surface area contributed by atoms with Crippen LogP contribution >= 0.6 is 0 Å². The molecular formula is C17H25NO3. The van der Waals surface area contributed by atoms with Crippen molar-refractivity contribution in [3.05, 3.63) is 28.8 Å². The number of benzene rings is 1. The van der Waals surface area contributed by atoms with Crippen molar-refractivity contribution in [3.8, 4) is 5.75 Å². The van der Waals surface area contributed by atoms with Crippen molar-refractivity contribution in [3.63, 3.8) is 0 Å². The molecule has 1 aromatic carbocycles. The number of hydrogen-bond donors (Lipinski definition) is 1. The molecular weight excluding hydrogens is 266 g/mol. The van der Waals surface area contributed by atoms with E-state index in [1.165, 1.54) is 5.56 Å². The molecule has 0 bridgehead atoms. The molecule has 0 aromatic heterocycles. The Morgan fingerprint density at radius 3 is 2.52 bits per heavy atom. The second-order valence-corrected chi connectivity index (χ2v) is 6.84. The zero-order valence-electron chi connectivity index (χ0n) is 13.3. The molecule has 0 spiro atoms. The van der Waals surface area contributed by atoms with Gasteiger partial charge in [0.25, 0.3) is 0 Å². The Labute approximate surface area is 126 Å². The quantitative estimate of drug-likeness (QED) is 0.863. The molecule has 2 aliphatic rings. The maximum atomic E-state index is 10.9. The zero-order valence-corrected chi connectivity index (χ0v) is 13.3. The molecule has 1 saturated heterocycles. The van der Waals surface area contributed by atoms with E-state index < -0.39 is 6.10 Å². The molecule has 0 radical (unpaired) electrons. The van der Waals surface area contributed by atoms with Gasteiger partial charge in [0, 0.05) is 24.1 Å². The Balaban J connectivity index is 2.00. The summed E-state index contributed by atoms with van der Waals surface area (Å²) >= 11 is 0. The molecule has 1 N–H and O–H groups in total. The van der Waals surface area contributed by atoms with Gasteiger partial charge in [-0.25, -0.2) is 0 Å². The van der Waals surface area contributed by atoms with Crippen molar-refractivity contribution in [2.45, 2.75) is 40.0 Å². The van der Waals surface area contributed by atoms with Gasteiger partial charge in [-0.2, -0.15) is 0 Å². The lowest BCUT2D eigenvalue weighted by atomic mass is 9.76. The van der Waals surface area contributed by atoms with Gasteiger partial charge in [0.2, 0.25) is 0 Å². The van der Waals surface area contributed by atoms with E-state index in [-0.39, 0.29) is 11.6 Å². The third-order valence-electron chi connectivity index (χ3n) is 4.72. The standard InChI is InChI=1S/C17H25NO3/c1-11-9-12(2)14-13(10-11)21-16(17(3,4)15(14)19)18-5-7-20-8-6-18/h9-10,15-16,19H,5-8H2,1-4H3/t15-,16+/m1/s1. The molecule has 1 aromatic rings. The first kappa shape index (κ1) is 14.8. The second-order valence-electron chi connectivity index (χ2n) is 6.84. The number of hydrogen-bond acceptors (Lipinski definition) is 4. The van der Waals surface area contributed by atoms with E-state index in [1.807, 2.05) is 13.0 Å². The average molecular weight is 291 g/mol. The minimum atomic E-state index is -0.519. The maximum absolute atomic E-state index is 10.9. The van der Waals surface area contributed by atoms with Crippen molar-refractivity contribution >= 4 is 0 Å². The summed E-state index contributed by atoms with van der Waals surface area (Å²) in [6, 6.07) is 4.14. The van der Waals surface area contributed by atoms with Crippen LogP contribution in [-0.4, -0.2) is 42.5 Å². The molecule has 21 heavy (non-hydrogen) atoms. The Morgan fingerprint density at radius 1 is 1.19 bits per heavy atom. The number of aliphatic hydroxyl groups is 1. The zero-order chi connectivity index (χ0) is 15.2. The summed E-state index contributed by atoms with van der Waals surface area (Å²) in [7, 11) is 0. The topological polar surface area (TPSA) is 41.9 Å². The monoisotopic (exact) mass is 291 g/mol. The van der Waals surface area contributed by atoms with Crippen LogP contribution in [0, 0.1) is 19.3 Å². The molecule has 4 heteroatoms. The molecule has 2 atom stereocenters. The lowest BCUT2D eigenvalue weighted by Gasteiger charge is -2.49. The molecule has 0 unspecified atom stereocenters. The summed E-state index contributed by atoms with van der Waals surface area (Å²) in [4.78, 5) is 2.29. The third-order valence-corrected chi connectivity index (χ3v) is 4.72. The number of aryl methyl sites for hydroxylation is 2. The van der Waals surface area contributed by atoms with Crippen LogP contribution in [0.2, 0.25) is 0 Å². The molecule has 2 heterocycles. The van der Waals surface area contributed by atoms with Gasteiger partial charge in [-0.1, -0.05) is 19.9 Å². The summed E-state index contributed by atoms with van der Waals surface area (Å²) in [6.45, 7) is 11.4. The SMILES string of the molecule is Cc1cc(C)c2c(c1)O[C@H](N1CCOCC1)C(C)(C)[C@@H]2O. The fraction of sp³-hybridized carbons (Fsp3) is 0.647. The van der Waals surface area contributed by atoms with Gasteiger partial charge in [-0.15, -0.1) is 0 Å². The first-order valence-corrected chi connectivity index (χ1v) is 7.69. The molecule has 0 amide bonds. The molecule has 0 aliphatic carbocycles. The number of rotatable bonds is 1. The summed E-state index contributed by atoms with van der Waals surface area (Å²) in [5.74, 6) is 0.829. The molecule has 4 nitrogen and oxygen atoms in total. The maximum Gasteiger partial charge on any atom is 0.160 e. The minimum absolute atomic E-state index is 0.120. The van der Waals surface area contributed by atoms with Crippen molar-refractivity contribution in [2.75, 3.05) is 26.3 Å². The molecule has 1 fully saturated rings. The van der Waals surface area contributed by atoms with Gasteiger partial charge in [0.1, 0.15) is 5.75 Å². The van der Waals surface area contributed by atoms with Crippen LogP contribution in [-0.2, 0) is 4.74 Å². The molecule has 2 aliphatic heterocycles. The van der Waals surface area contributed by atoms with Gasteiger partial charge in [0.15, 0.2) is 6.23 Å². The van der Waals surface area contributed by atoms with Crippen LogP contribution < -0.4 is 4.74 Å². The number of aliphatic hydroxyl groups excluding tert-OH is 1. The number of morpholine rings is 1. The van der Waals surface area contributed by atoms with Crippen LogP contribution in [0.4, 0.5) is 0 Å². The van der Waals surface area contributed by atoms with E-state index in [2.05, 4.69) is 31.7 Å². The van der Waals surface area contributed by atoms with Crippen molar-refractivity contribution in [1.29, 1.82) is 0 Å². The Morgan fingerprint density at radius 2 is 1.86 bits per heavy atom. The van der Waals surface area contributed by atoms with Crippen LogP contribution in [0.1, 0.15) is 36.6 Å². The Bertz CT molecular complexity index is 535. The van der Waals surface area contributed by atoms with Crippen molar-refractivity contribution in [1.82, 2.24) is 4.90 Å². The van der Waals surface area contributed by atoms with Crippen LogP contribution in [0.5, 0.6) is 5.75 Å². The highest BCUT2D eigenvalue weighted by molar-refractivity contribution is 5.46. The summed E-state index contributed by atoms with van der Waals surface area (Å²) in [6.07, 6.45) is -0.639. The van der Waals surface area contributed by atoms with Gasteiger partial charge in [-0.05, 0) is 31.0 Å². The van der Waals surface area contributed by atoms with E-state index >= 15 is 0 Å². The normalized spacial score (nSPS) is 28.8. The smallest absolute Gasteiger partial charge is 0.160 e. The fourth-order valence-corrected chi connectivity index (χ4v) is 3.52. The van der Waals surface area contributed by atoms with E-state index in [1.54, 1.807) is 0 Å². The highest BCUT2D eigenvalue weighted by atomic mass is 16.5. The Kier molecular flexibility index (Phi) is 3.72. The molecule has 3 rings (SSSR count). The number of nitrogens with zero attached hydrogens (tertiary/aromatic N) is 1. The average Bonchev–Trinajstić information content (AvgIpc) is 2.43. The first-order chi connectivity index (χ1) is 9.91. The van der Waals surface area contributed by atoms with E-state index in [0.29, 0.717) is 0 Å². The first-order valence-electron chi connectivity index (χ1n) is 7.69. The lowest BCUT2D eigenvalue weighted by Crippen LogP contribution is -2.56. The van der Waals surface area contributed by atoms with Crippen LogP contribution in [0.25, 0.3) is 0 Å². The molecule has 0 saturated carbocycles. The number of ether oxygens (including phenoxy) is 2. The van der Waals surface area contributed by atoms with E-state index in [0.717, 1.165) is 43.2 Å². The van der Waals surface area contributed by atoms with Crippen LogP contribution in [0.3, 0.4) is 0 Å².